The zero-order valence-corrected chi connectivity index (χ0v) is 15.2. The van der Waals surface area contributed by atoms with Crippen LogP contribution in [0.3, 0.4) is 0 Å². The number of fused-ring (bicyclic) bond motifs is 1. The van der Waals surface area contributed by atoms with Crippen LogP contribution in [-0.4, -0.2) is 46.1 Å². The van der Waals surface area contributed by atoms with E-state index in [-0.39, 0.29) is 11.4 Å². The summed E-state index contributed by atoms with van der Waals surface area (Å²) in [4.78, 5) is 7.76. The zero-order valence-electron chi connectivity index (χ0n) is 14.4. The molecule has 0 saturated carbocycles. The number of rotatable bonds is 5. The van der Waals surface area contributed by atoms with Crippen molar-refractivity contribution < 1.29 is 8.42 Å². The van der Waals surface area contributed by atoms with Crippen molar-refractivity contribution in [2.24, 2.45) is 0 Å². The molecule has 0 aliphatic carbocycles. The third-order valence-corrected chi connectivity index (χ3v) is 6.32. The van der Waals surface area contributed by atoms with Gasteiger partial charge >= 0.3 is 0 Å². The highest BCUT2D eigenvalue weighted by molar-refractivity contribution is 7.89. The molecule has 0 bridgehead atoms. The average molecular weight is 372 g/mol. The maximum atomic E-state index is 12.9. The monoisotopic (exact) mass is 372 g/mol. The highest BCUT2D eigenvalue weighted by Crippen LogP contribution is 2.22. The fourth-order valence-electron chi connectivity index (χ4n) is 3.04. The maximum absolute atomic E-state index is 12.9. The van der Waals surface area contributed by atoms with Crippen LogP contribution in [0.25, 0.3) is 11.3 Å². The molecule has 2 N–H and O–H groups in total. The van der Waals surface area contributed by atoms with Gasteiger partial charge in [0.25, 0.3) is 0 Å². The van der Waals surface area contributed by atoms with Gasteiger partial charge in [-0.05, 0) is 5.56 Å². The Morgan fingerprint density at radius 2 is 2.04 bits per heavy atom. The molecular weight excluding hydrogens is 352 g/mol. The average Bonchev–Trinajstić information content (AvgIpc) is 3.29. The van der Waals surface area contributed by atoms with Crippen LogP contribution in [-0.2, 0) is 29.7 Å². The summed E-state index contributed by atoms with van der Waals surface area (Å²) in [6, 6.07) is 9.80. The molecule has 1 aliphatic rings. The summed E-state index contributed by atoms with van der Waals surface area (Å²) in [5.74, 6) is 0.592. The normalized spacial score (nSPS) is 14.5. The van der Waals surface area contributed by atoms with Crippen molar-refractivity contribution in [3.63, 3.8) is 0 Å². The summed E-state index contributed by atoms with van der Waals surface area (Å²) in [5.41, 5.74) is 2.57. The Hall–Kier alpha value is -2.49. The summed E-state index contributed by atoms with van der Waals surface area (Å²) < 4.78 is 28.9. The first-order valence-electron chi connectivity index (χ1n) is 8.37. The molecule has 0 fully saturated rings. The van der Waals surface area contributed by atoms with Gasteiger partial charge in [-0.25, -0.2) is 13.4 Å². The molecule has 1 aromatic carbocycles. The molecule has 3 heterocycles. The van der Waals surface area contributed by atoms with Gasteiger partial charge in [-0.2, -0.15) is 9.40 Å². The number of hydrogen-bond acceptors (Lipinski definition) is 5. The van der Waals surface area contributed by atoms with Gasteiger partial charge in [0.2, 0.25) is 10.0 Å². The minimum absolute atomic E-state index is 0.160. The number of hydrogen-bond donors (Lipinski definition) is 2. The summed E-state index contributed by atoms with van der Waals surface area (Å²) >= 11 is 0. The first-order chi connectivity index (χ1) is 12.6. The molecule has 0 amide bonds. The number of aromatic nitrogens is 4. The van der Waals surface area contributed by atoms with Gasteiger partial charge in [-0.1, -0.05) is 30.3 Å². The molecule has 26 heavy (non-hydrogen) atoms. The predicted octanol–water partition coefficient (Wildman–Crippen LogP) is 1.20. The predicted molar refractivity (Wildman–Crippen MR) is 96.6 cm³/mol. The first-order valence-corrected chi connectivity index (χ1v) is 9.81. The van der Waals surface area contributed by atoms with E-state index in [9.17, 15) is 8.42 Å². The van der Waals surface area contributed by atoms with Crippen LogP contribution in [0.5, 0.6) is 0 Å². The lowest BCUT2D eigenvalue weighted by Gasteiger charge is -2.19. The van der Waals surface area contributed by atoms with Gasteiger partial charge in [-0.3, -0.25) is 4.68 Å². The third-order valence-electron chi connectivity index (χ3n) is 4.48. The molecule has 136 valence electrons. The Morgan fingerprint density at radius 1 is 1.23 bits per heavy atom. The van der Waals surface area contributed by atoms with E-state index in [1.54, 1.807) is 17.9 Å². The lowest BCUT2D eigenvalue weighted by Crippen LogP contribution is -2.32. The van der Waals surface area contributed by atoms with Crippen molar-refractivity contribution in [2.75, 3.05) is 13.6 Å². The minimum atomic E-state index is -3.64. The molecular formula is C17H20N6O2S. The summed E-state index contributed by atoms with van der Waals surface area (Å²) in [5, 5.41) is 7.39. The van der Waals surface area contributed by atoms with Crippen molar-refractivity contribution >= 4 is 10.0 Å². The number of imidazole rings is 1. The summed E-state index contributed by atoms with van der Waals surface area (Å²) in [7, 11) is -2.08. The van der Waals surface area contributed by atoms with Gasteiger partial charge in [0.1, 0.15) is 10.7 Å². The third kappa shape index (κ3) is 3.05. The van der Waals surface area contributed by atoms with Crippen LogP contribution in [0.4, 0.5) is 0 Å². The van der Waals surface area contributed by atoms with Crippen LogP contribution < -0.4 is 5.32 Å². The molecule has 0 spiro atoms. The van der Waals surface area contributed by atoms with E-state index in [0.717, 1.165) is 17.8 Å². The van der Waals surface area contributed by atoms with Crippen molar-refractivity contribution in [3.8, 4) is 11.3 Å². The molecule has 2 aromatic heterocycles. The number of nitrogens with zero attached hydrogens (tertiary/aromatic N) is 4. The van der Waals surface area contributed by atoms with Gasteiger partial charge in [0.05, 0.1) is 36.9 Å². The molecule has 8 nitrogen and oxygen atoms in total. The molecule has 4 rings (SSSR count). The van der Waals surface area contributed by atoms with Crippen molar-refractivity contribution in [3.05, 3.63) is 54.2 Å². The second kappa shape index (κ2) is 6.67. The largest absolute Gasteiger partial charge is 0.341 e. The van der Waals surface area contributed by atoms with Crippen LogP contribution in [0.2, 0.25) is 0 Å². The topological polar surface area (TPSA) is 95.9 Å². The maximum Gasteiger partial charge on any atom is 0.246 e. The van der Waals surface area contributed by atoms with E-state index >= 15 is 0 Å². The van der Waals surface area contributed by atoms with Crippen molar-refractivity contribution in [1.82, 2.24) is 29.4 Å². The summed E-state index contributed by atoms with van der Waals surface area (Å²) in [6.07, 6.45) is 3.16. The first kappa shape index (κ1) is 17.0. The van der Waals surface area contributed by atoms with Gasteiger partial charge in [0, 0.05) is 20.1 Å². The Labute approximate surface area is 151 Å². The lowest BCUT2D eigenvalue weighted by molar-refractivity contribution is 0.449. The second-order valence-corrected chi connectivity index (χ2v) is 8.24. The van der Waals surface area contributed by atoms with E-state index in [1.807, 2.05) is 30.3 Å². The SMILES string of the molecule is CN(Cc1ncc(-c2ccccc2)[nH]1)S(=O)(=O)c1cnn2c1CNCC2. The highest BCUT2D eigenvalue weighted by Gasteiger charge is 2.29. The van der Waals surface area contributed by atoms with Crippen LogP contribution in [0.15, 0.2) is 47.6 Å². The van der Waals surface area contributed by atoms with Crippen LogP contribution in [0, 0.1) is 0 Å². The Balaban J connectivity index is 1.55. The number of H-pyrrole nitrogens is 1. The molecule has 3 aromatic rings. The molecule has 9 heteroatoms. The van der Waals surface area contributed by atoms with E-state index in [0.29, 0.717) is 24.6 Å². The number of benzene rings is 1. The second-order valence-electron chi connectivity index (χ2n) is 6.23. The van der Waals surface area contributed by atoms with Crippen LogP contribution >= 0.6 is 0 Å². The Morgan fingerprint density at radius 3 is 2.85 bits per heavy atom. The lowest BCUT2D eigenvalue weighted by atomic mass is 10.2. The van der Waals surface area contributed by atoms with E-state index in [1.165, 1.54) is 10.5 Å². The minimum Gasteiger partial charge on any atom is -0.341 e. The number of sulfonamides is 1. The molecule has 0 radical (unpaired) electrons. The van der Waals surface area contributed by atoms with Crippen molar-refractivity contribution in [2.45, 2.75) is 24.5 Å². The van der Waals surface area contributed by atoms with Crippen LogP contribution in [0.1, 0.15) is 11.5 Å². The van der Waals surface area contributed by atoms with E-state index in [4.69, 9.17) is 0 Å². The summed E-state index contributed by atoms with van der Waals surface area (Å²) in [6.45, 7) is 2.13. The van der Waals surface area contributed by atoms with Gasteiger partial charge < -0.3 is 10.3 Å². The zero-order chi connectivity index (χ0) is 18.1. The van der Waals surface area contributed by atoms with Gasteiger partial charge in [0.15, 0.2) is 0 Å². The van der Waals surface area contributed by atoms with E-state index < -0.39 is 10.0 Å². The quantitative estimate of drug-likeness (QED) is 0.702. The number of aromatic amines is 1. The highest BCUT2D eigenvalue weighted by atomic mass is 32.2. The Bertz CT molecular complexity index is 1010. The molecule has 0 saturated heterocycles. The van der Waals surface area contributed by atoms with E-state index in [2.05, 4.69) is 20.4 Å². The smallest absolute Gasteiger partial charge is 0.246 e. The fourth-order valence-corrected chi connectivity index (χ4v) is 4.33. The standard InChI is InChI=1S/C17H20N6O2S/c1-22(12-17-19-9-14(21-17)13-5-3-2-4-6-13)26(24,25)16-11-20-23-8-7-18-10-15(16)23/h2-6,9,11,18H,7-8,10,12H2,1H3,(H,19,21). The fraction of sp³-hybridized carbons (Fsp3) is 0.294. The Kier molecular flexibility index (Phi) is 4.35. The van der Waals surface area contributed by atoms with Gasteiger partial charge in [-0.15, -0.1) is 0 Å². The van der Waals surface area contributed by atoms with Crippen molar-refractivity contribution in [1.29, 1.82) is 0 Å². The molecule has 1 aliphatic heterocycles. The molecule has 0 atom stereocenters. The number of nitrogens with one attached hydrogen (secondary N) is 2. The molecule has 0 unspecified atom stereocenters.